The van der Waals surface area contributed by atoms with Gasteiger partial charge in [0.25, 0.3) is 0 Å². The second-order valence-corrected chi connectivity index (χ2v) is 4.91. The fourth-order valence-corrected chi connectivity index (χ4v) is 2.47. The smallest absolute Gasteiger partial charge is 0.134 e. The van der Waals surface area contributed by atoms with Gasteiger partial charge in [0.2, 0.25) is 0 Å². The molecule has 0 saturated carbocycles. The minimum absolute atomic E-state index is 0.923. The van der Waals surface area contributed by atoms with Crippen molar-refractivity contribution in [2.24, 2.45) is 0 Å². The van der Waals surface area contributed by atoms with Gasteiger partial charge in [-0.2, -0.15) is 0 Å². The van der Waals surface area contributed by atoms with Gasteiger partial charge in [0, 0.05) is 50.8 Å². The zero-order valence-corrected chi connectivity index (χ0v) is 10.8. The highest BCUT2D eigenvalue weighted by atomic mass is 32.1. The van der Waals surface area contributed by atoms with Crippen LogP contribution in [0.5, 0.6) is 0 Å². The quantitative estimate of drug-likeness (QED) is 0.841. The Labute approximate surface area is 101 Å². The van der Waals surface area contributed by atoms with Gasteiger partial charge in [0.15, 0.2) is 0 Å². The van der Waals surface area contributed by atoms with Gasteiger partial charge < -0.3 is 10.2 Å². The van der Waals surface area contributed by atoms with E-state index in [0.29, 0.717) is 0 Å². The van der Waals surface area contributed by atoms with Crippen LogP contribution in [0.1, 0.15) is 12.6 Å². The second kappa shape index (κ2) is 5.56. The molecule has 1 aliphatic rings. The molecular weight excluding hydrogens is 222 g/mol. The third-order valence-electron chi connectivity index (χ3n) is 2.86. The zero-order chi connectivity index (χ0) is 11.4. The van der Waals surface area contributed by atoms with E-state index >= 15 is 0 Å². The van der Waals surface area contributed by atoms with Gasteiger partial charge in [0.1, 0.15) is 10.7 Å². The van der Waals surface area contributed by atoms with E-state index in [2.05, 4.69) is 38.7 Å². The van der Waals surface area contributed by atoms with E-state index in [9.17, 15) is 0 Å². The Kier molecular flexibility index (Phi) is 4.09. The maximum Gasteiger partial charge on any atom is 0.134 e. The van der Waals surface area contributed by atoms with Crippen molar-refractivity contribution in [2.45, 2.75) is 13.5 Å². The molecule has 16 heavy (non-hydrogen) atoms. The zero-order valence-electron chi connectivity index (χ0n) is 9.94. The van der Waals surface area contributed by atoms with E-state index in [1.807, 2.05) is 0 Å². The molecule has 90 valence electrons. The van der Waals surface area contributed by atoms with Crippen LogP contribution in [0.25, 0.3) is 0 Å². The first-order valence-electron chi connectivity index (χ1n) is 5.75. The Hall–Kier alpha value is -0.720. The molecule has 1 aromatic heterocycles. The first-order valence-corrected chi connectivity index (χ1v) is 6.53. The van der Waals surface area contributed by atoms with Crippen molar-refractivity contribution >= 4 is 16.5 Å². The monoisotopic (exact) mass is 241 g/mol. The van der Waals surface area contributed by atoms with E-state index in [1.165, 1.54) is 11.5 Å². The molecule has 1 N–H and O–H groups in total. The first-order chi connectivity index (χ1) is 7.79. The highest BCUT2D eigenvalue weighted by Crippen LogP contribution is 2.19. The first kappa shape index (κ1) is 11.8. The highest BCUT2D eigenvalue weighted by molar-refractivity contribution is 7.10. The van der Waals surface area contributed by atoms with Gasteiger partial charge in [-0.3, -0.25) is 4.90 Å². The molecule has 5 nitrogen and oxygen atoms in total. The molecule has 2 rings (SSSR count). The fourth-order valence-electron chi connectivity index (χ4n) is 1.82. The topological polar surface area (TPSA) is 44.3 Å². The molecule has 0 bridgehead atoms. The molecular formula is C10H19N5S. The predicted octanol–water partition coefficient (Wildman–Crippen LogP) is 0.717. The van der Waals surface area contributed by atoms with Crippen molar-refractivity contribution < 1.29 is 0 Å². The Morgan fingerprint density at radius 1 is 1.31 bits per heavy atom. The summed E-state index contributed by atoms with van der Waals surface area (Å²) >= 11 is 1.45. The summed E-state index contributed by atoms with van der Waals surface area (Å²) in [6.45, 7) is 8.49. The summed E-state index contributed by atoms with van der Waals surface area (Å²) in [5.74, 6) is 0. The van der Waals surface area contributed by atoms with Crippen molar-refractivity contribution in [3.63, 3.8) is 0 Å². The molecule has 0 radical (unpaired) electrons. The van der Waals surface area contributed by atoms with Gasteiger partial charge in [-0.15, -0.1) is 5.10 Å². The molecule has 0 aromatic carbocycles. The van der Waals surface area contributed by atoms with Crippen LogP contribution >= 0.6 is 11.5 Å². The molecule has 1 aliphatic heterocycles. The number of piperazine rings is 1. The van der Waals surface area contributed by atoms with Crippen molar-refractivity contribution in [1.29, 1.82) is 0 Å². The summed E-state index contributed by atoms with van der Waals surface area (Å²) in [5.41, 5.74) is 1.09. The Morgan fingerprint density at radius 3 is 2.75 bits per heavy atom. The second-order valence-electron chi connectivity index (χ2n) is 4.16. The Bertz CT molecular complexity index is 319. The van der Waals surface area contributed by atoms with Crippen LogP contribution in [0.4, 0.5) is 5.00 Å². The summed E-state index contributed by atoms with van der Waals surface area (Å²) in [4.78, 5) is 4.80. The van der Waals surface area contributed by atoms with Gasteiger partial charge >= 0.3 is 0 Å². The van der Waals surface area contributed by atoms with Crippen LogP contribution in [-0.2, 0) is 6.54 Å². The Morgan fingerprint density at radius 2 is 2.06 bits per heavy atom. The maximum absolute atomic E-state index is 4.20. The molecule has 1 fully saturated rings. The molecule has 0 unspecified atom stereocenters. The molecule has 0 atom stereocenters. The SMILES string of the molecule is CCNc1snnc1CN1CCN(C)CC1. The van der Waals surface area contributed by atoms with Crippen molar-refractivity contribution in [2.75, 3.05) is 45.1 Å². The number of hydrogen-bond donors (Lipinski definition) is 1. The van der Waals surface area contributed by atoms with Crippen LogP contribution in [0.3, 0.4) is 0 Å². The number of likely N-dealkylation sites (N-methyl/N-ethyl adjacent to an activating group) is 1. The summed E-state index contributed by atoms with van der Waals surface area (Å²) in [6, 6.07) is 0. The lowest BCUT2D eigenvalue weighted by molar-refractivity contribution is 0.147. The number of anilines is 1. The molecule has 1 saturated heterocycles. The van der Waals surface area contributed by atoms with Crippen molar-refractivity contribution in [3.8, 4) is 0 Å². The largest absolute Gasteiger partial charge is 0.374 e. The van der Waals surface area contributed by atoms with E-state index in [1.54, 1.807) is 0 Å². The van der Waals surface area contributed by atoms with Crippen molar-refractivity contribution in [1.82, 2.24) is 19.4 Å². The minimum Gasteiger partial charge on any atom is -0.374 e. The summed E-state index contributed by atoms with van der Waals surface area (Å²) in [7, 11) is 2.17. The average molecular weight is 241 g/mol. The number of nitrogens with one attached hydrogen (secondary N) is 1. The van der Waals surface area contributed by atoms with E-state index in [0.717, 1.165) is 50.0 Å². The standard InChI is InChI=1S/C10H19N5S/c1-3-11-10-9(12-13-16-10)8-15-6-4-14(2)5-7-15/h11H,3-8H2,1-2H3. The average Bonchev–Trinajstić information content (AvgIpc) is 2.70. The van der Waals surface area contributed by atoms with Gasteiger partial charge in [0.05, 0.1) is 0 Å². The lowest BCUT2D eigenvalue weighted by atomic mass is 10.3. The summed E-state index contributed by atoms with van der Waals surface area (Å²) in [5, 5.41) is 8.64. The third-order valence-corrected chi connectivity index (χ3v) is 3.59. The maximum atomic E-state index is 4.20. The van der Waals surface area contributed by atoms with Crippen LogP contribution in [0, 0.1) is 0 Å². The Balaban J connectivity index is 1.90. The van der Waals surface area contributed by atoms with Crippen LogP contribution < -0.4 is 5.32 Å². The fraction of sp³-hybridized carbons (Fsp3) is 0.800. The number of nitrogens with zero attached hydrogens (tertiary/aromatic N) is 4. The van der Waals surface area contributed by atoms with Gasteiger partial charge in [-0.25, -0.2) is 0 Å². The number of rotatable bonds is 4. The molecule has 0 aliphatic carbocycles. The number of aromatic nitrogens is 2. The van der Waals surface area contributed by atoms with Crippen molar-refractivity contribution in [3.05, 3.63) is 5.69 Å². The predicted molar refractivity (Wildman–Crippen MR) is 66.8 cm³/mol. The van der Waals surface area contributed by atoms with Crippen LogP contribution in [-0.4, -0.2) is 59.2 Å². The molecule has 1 aromatic rings. The number of hydrogen-bond acceptors (Lipinski definition) is 6. The molecule has 0 amide bonds. The third kappa shape index (κ3) is 2.90. The van der Waals surface area contributed by atoms with Crippen LogP contribution in [0.15, 0.2) is 0 Å². The minimum atomic E-state index is 0.923. The normalized spacial score (nSPS) is 18.9. The van der Waals surface area contributed by atoms with Crippen LogP contribution in [0.2, 0.25) is 0 Å². The molecule has 2 heterocycles. The lowest BCUT2D eigenvalue weighted by Crippen LogP contribution is -2.44. The summed E-state index contributed by atoms with van der Waals surface area (Å²) in [6.07, 6.45) is 0. The van der Waals surface area contributed by atoms with Gasteiger partial charge in [-0.05, 0) is 14.0 Å². The highest BCUT2D eigenvalue weighted by Gasteiger charge is 2.17. The van der Waals surface area contributed by atoms with E-state index in [4.69, 9.17) is 0 Å². The van der Waals surface area contributed by atoms with E-state index in [-0.39, 0.29) is 0 Å². The molecule has 0 spiro atoms. The van der Waals surface area contributed by atoms with E-state index < -0.39 is 0 Å². The lowest BCUT2D eigenvalue weighted by Gasteiger charge is -2.31. The summed E-state index contributed by atoms with van der Waals surface area (Å²) < 4.78 is 4.01. The van der Waals surface area contributed by atoms with Gasteiger partial charge in [-0.1, -0.05) is 4.49 Å². The molecule has 6 heteroatoms.